The lowest BCUT2D eigenvalue weighted by atomic mass is 9.77. The number of hydrogen-bond acceptors (Lipinski definition) is 0. The summed E-state index contributed by atoms with van der Waals surface area (Å²) in [5.74, 6) is 1.46. The van der Waals surface area contributed by atoms with Gasteiger partial charge >= 0.3 is 0 Å². The largest absolute Gasteiger partial charge is 0.206 e. The number of rotatable bonds is 10. The molecule has 0 spiro atoms. The summed E-state index contributed by atoms with van der Waals surface area (Å²) < 4.78 is 15.0. The lowest BCUT2D eigenvalue weighted by Gasteiger charge is -2.29. The number of allylic oxidation sites excluding steroid dienone is 1. The molecule has 0 bridgehead atoms. The predicted octanol–water partition coefficient (Wildman–Crippen LogP) is 10.1. The molecule has 178 valence electrons. The maximum atomic E-state index is 15.0. The van der Waals surface area contributed by atoms with Crippen LogP contribution in [0.4, 0.5) is 4.39 Å². The van der Waals surface area contributed by atoms with Crippen LogP contribution in [0, 0.1) is 11.7 Å². The summed E-state index contributed by atoms with van der Waals surface area (Å²) in [5, 5.41) is 0. The van der Waals surface area contributed by atoms with Gasteiger partial charge in [0.25, 0.3) is 0 Å². The van der Waals surface area contributed by atoms with Crippen molar-refractivity contribution in [3.8, 4) is 22.3 Å². The van der Waals surface area contributed by atoms with Crippen molar-refractivity contribution in [2.24, 2.45) is 5.92 Å². The SMILES string of the molecule is C=CCCc1ccc(-c2ccc(-c3ccc(C4CCC(CCCCC)CC4)cc3)cc2F)cc1. The molecule has 4 rings (SSSR count). The van der Waals surface area contributed by atoms with E-state index >= 15 is 4.39 Å². The van der Waals surface area contributed by atoms with Gasteiger partial charge in [-0.15, -0.1) is 6.58 Å². The van der Waals surface area contributed by atoms with Crippen LogP contribution in [0.15, 0.2) is 79.4 Å². The average Bonchev–Trinajstić information content (AvgIpc) is 2.88. The van der Waals surface area contributed by atoms with E-state index in [1.807, 2.05) is 30.3 Å². The lowest BCUT2D eigenvalue weighted by Crippen LogP contribution is -2.13. The number of hydrogen-bond donors (Lipinski definition) is 0. The van der Waals surface area contributed by atoms with Gasteiger partial charge < -0.3 is 0 Å². The molecule has 1 saturated carbocycles. The molecule has 0 N–H and O–H groups in total. The second kappa shape index (κ2) is 12.2. The molecule has 0 radical (unpaired) electrons. The van der Waals surface area contributed by atoms with Crippen LogP contribution >= 0.6 is 0 Å². The summed E-state index contributed by atoms with van der Waals surface area (Å²) in [4.78, 5) is 0. The van der Waals surface area contributed by atoms with Gasteiger partial charge in [0.2, 0.25) is 0 Å². The van der Waals surface area contributed by atoms with Crippen LogP contribution in [0.3, 0.4) is 0 Å². The number of aryl methyl sites for hydroxylation is 1. The highest BCUT2D eigenvalue weighted by Gasteiger charge is 2.22. The summed E-state index contributed by atoms with van der Waals surface area (Å²) >= 11 is 0. The minimum absolute atomic E-state index is 0.165. The molecule has 0 heterocycles. The maximum absolute atomic E-state index is 15.0. The van der Waals surface area contributed by atoms with Gasteiger partial charge in [0, 0.05) is 5.56 Å². The molecule has 1 fully saturated rings. The van der Waals surface area contributed by atoms with Gasteiger partial charge in [-0.3, -0.25) is 0 Å². The van der Waals surface area contributed by atoms with Crippen molar-refractivity contribution in [2.75, 3.05) is 0 Å². The standard InChI is InChI=1S/C33H39F/c1-3-5-7-9-26-10-14-27(15-11-26)28-18-20-29(21-19-28)31-22-23-32(33(34)24-31)30-16-12-25(13-17-30)8-6-4-2/h4,12-13,16-24,26-27H,2-3,5-11,14-15H2,1H3. The molecule has 34 heavy (non-hydrogen) atoms. The topological polar surface area (TPSA) is 0 Å². The highest BCUT2D eigenvalue weighted by Crippen LogP contribution is 2.38. The number of benzene rings is 3. The van der Waals surface area contributed by atoms with E-state index in [4.69, 9.17) is 0 Å². The normalized spacial score (nSPS) is 18.1. The molecule has 1 aliphatic rings. The van der Waals surface area contributed by atoms with E-state index in [0.717, 1.165) is 35.4 Å². The Bertz CT molecular complexity index is 1040. The molecule has 0 saturated heterocycles. The zero-order chi connectivity index (χ0) is 23.8. The first kappa shape index (κ1) is 24.5. The van der Waals surface area contributed by atoms with Crippen molar-refractivity contribution < 1.29 is 4.39 Å². The molecule has 0 unspecified atom stereocenters. The first-order valence-corrected chi connectivity index (χ1v) is 13.3. The van der Waals surface area contributed by atoms with Crippen LogP contribution in [-0.4, -0.2) is 0 Å². The van der Waals surface area contributed by atoms with E-state index in [2.05, 4.69) is 49.9 Å². The summed E-state index contributed by atoms with van der Waals surface area (Å²) in [6.07, 6.45) is 14.7. The van der Waals surface area contributed by atoms with Crippen molar-refractivity contribution >= 4 is 0 Å². The molecule has 0 aliphatic heterocycles. The smallest absolute Gasteiger partial charge is 0.131 e. The zero-order valence-corrected chi connectivity index (χ0v) is 20.7. The minimum atomic E-state index is -0.165. The molecular formula is C33H39F. The van der Waals surface area contributed by atoms with Gasteiger partial charge in [0.1, 0.15) is 5.82 Å². The van der Waals surface area contributed by atoms with Crippen molar-refractivity contribution in [1.82, 2.24) is 0 Å². The zero-order valence-electron chi connectivity index (χ0n) is 20.7. The second-order valence-corrected chi connectivity index (χ2v) is 10.1. The van der Waals surface area contributed by atoms with E-state index in [-0.39, 0.29) is 5.82 Å². The second-order valence-electron chi connectivity index (χ2n) is 10.1. The fourth-order valence-corrected chi connectivity index (χ4v) is 5.46. The molecule has 1 heteroatoms. The monoisotopic (exact) mass is 454 g/mol. The molecule has 0 amide bonds. The van der Waals surface area contributed by atoms with E-state index in [0.29, 0.717) is 11.5 Å². The van der Waals surface area contributed by atoms with Crippen molar-refractivity contribution in [1.29, 1.82) is 0 Å². The van der Waals surface area contributed by atoms with Gasteiger partial charge in [-0.2, -0.15) is 0 Å². The van der Waals surface area contributed by atoms with Crippen LogP contribution in [0.25, 0.3) is 22.3 Å². The Labute approximate surface area is 205 Å². The molecule has 0 atom stereocenters. The molecule has 3 aromatic rings. The molecular weight excluding hydrogens is 415 g/mol. The Morgan fingerprint density at radius 2 is 1.50 bits per heavy atom. The molecule has 0 aromatic heterocycles. The van der Waals surface area contributed by atoms with Gasteiger partial charge in [0.15, 0.2) is 0 Å². The predicted molar refractivity (Wildman–Crippen MR) is 145 cm³/mol. The summed E-state index contributed by atoms with van der Waals surface area (Å²) in [6, 6.07) is 22.7. The van der Waals surface area contributed by atoms with Gasteiger partial charge in [-0.25, -0.2) is 4.39 Å². The maximum Gasteiger partial charge on any atom is 0.131 e. The number of halogens is 1. The Morgan fingerprint density at radius 3 is 2.15 bits per heavy atom. The third-order valence-corrected chi connectivity index (χ3v) is 7.65. The summed E-state index contributed by atoms with van der Waals surface area (Å²) in [6.45, 7) is 6.06. The third-order valence-electron chi connectivity index (χ3n) is 7.65. The molecule has 0 nitrogen and oxygen atoms in total. The highest BCUT2D eigenvalue weighted by molar-refractivity contribution is 5.71. The lowest BCUT2D eigenvalue weighted by molar-refractivity contribution is 0.303. The van der Waals surface area contributed by atoms with Gasteiger partial charge in [-0.1, -0.05) is 99.3 Å². The first-order valence-electron chi connectivity index (χ1n) is 13.3. The van der Waals surface area contributed by atoms with Crippen LogP contribution in [0.1, 0.15) is 81.8 Å². The van der Waals surface area contributed by atoms with E-state index < -0.39 is 0 Å². The van der Waals surface area contributed by atoms with Crippen LogP contribution < -0.4 is 0 Å². The van der Waals surface area contributed by atoms with E-state index in [1.54, 1.807) is 6.07 Å². The molecule has 1 aliphatic carbocycles. The fourth-order valence-electron chi connectivity index (χ4n) is 5.46. The van der Waals surface area contributed by atoms with Gasteiger partial charge in [0.05, 0.1) is 0 Å². The Balaban J connectivity index is 1.38. The van der Waals surface area contributed by atoms with Crippen LogP contribution in [0.5, 0.6) is 0 Å². The highest BCUT2D eigenvalue weighted by atomic mass is 19.1. The Hall–Kier alpha value is -2.67. The molecule has 3 aromatic carbocycles. The summed E-state index contributed by atoms with van der Waals surface area (Å²) in [7, 11) is 0. The van der Waals surface area contributed by atoms with Crippen molar-refractivity contribution in [2.45, 2.75) is 77.0 Å². The van der Waals surface area contributed by atoms with Crippen molar-refractivity contribution in [3.05, 3.63) is 96.3 Å². The van der Waals surface area contributed by atoms with Gasteiger partial charge in [-0.05, 0) is 84.2 Å². The Kier molecular flexibility index (Phi) is 8.74. The minimum Gasteiger partial charge on any atom is -0.206 e. The van der Waals surface area contributed by atoms with Crippen LogP contribution in [0.2, 0.25) is 0 Å². The summed E-state index contributed by atoms with van der Waals surface area (Å²) in [5.41, 5.74) is 6.31. The average molecular weight is 455 g/mol. The van der Waals surface area contributed by atoms with E-state index in [9.17, 15) is 0 Å². The van der Waals surface area contributed by atoms with Crippen molar-refractivity contribution in [3.63, 3.8) is 0 Å². The Morgan fingerprint density at radius 1 is 0.824 bits per heavy atom. The van der Waals surface area contributed by atoms with E-state index in [1.165, 1.54) is 62.5 Å². The number of unbranched alkanes of at least 4 members (excludes halogenated alkanes) is 2. The fraction of sp³-hybridized carbons (Fsp3) is 0.394. The first-order chi connectivity index (χ1) is 16.7. The third kappa shape index (κ3) is 6.26. The van der Waals surface area contributed by atoms with Crippen LogP contribution in [-0.2, 0) is 6.42 Å². The quantitative estimate of drug-likeness (QED) is 0.211.